The van der Waals surface area contributed by atoms with Crippen LogP contribution in [0.4, 0.5) is 16.2 Å². The topological polar surface area (TPSA) is 128 Å². The fourth-order valence-electron chi connectivity index (χ4n) is 4.21. The number of amides is 3. The fraction of sp³-hybridized carbons (Fsp3) is 0.185. The third-order valence-corrected chi connectivity index (χ3v) is 5.79. The molecule has 186 valence electrons. The van der Waals surface area contributed by atoms with E-state index in [1.54, 1.807) is 29.2 Å². The van der Waals surface area contributed by atoms with E-state index in [0.717, 1.165) is 16.8 Å². The lowest BCUT2D eigenvalue weighted by molar-refractivity contribution is -0.120. The molecule has 1 aromatic heterocycles. The monoisotopic (exact) mass is 494 g/mol. The van der Waals surface area contributed by atoms with E-state index in [1.807, 2.05) is 68.4 Å². The second-order valence-corrected chi connectivity index (χ2v) is 9.02. The zero-order chi connectivity index (χ0) is 25.8. The largest absolute Gasteiger partial charge is 0.321 e. The molecule has 0 spiro atoms. The summed E-state index contributed by atoms with van der Waals surface area (Å²) in [5.41, 5.74) is 4.28. The second kappa shape index (κ2) is 10.4. The lowest BCUT2D eigenvalue weighted by Gasteiger charge is -2.27. The van der Waals surface area contributed by atoms with Gasteiger partial charge in [-0.25, -0.2) is 9.79 Å². The van der Waals surface area contributed by atoms with Crippen molar-refractivity contribution in [2.75, 3.05) is 16.8 Å². The molecule has 2 heterocycles. The third kappa shape index (κ3) is 5.22. The van der Waals surface area contributed by atoms with Gasteiger partial charge in [-0.15, -0.1) is 10.2 Å². The van der Waals surface area contributed by atoms with Crippen LogP contribution in [-0.2, 0) is 4.79 Å². The molecular formula is C27H26N8O2. The van der Waals surface area contributed by atoms with Crippen molar-refractivity contribution in [3.63, 3.8) is 0 Å². The summed E-state index contributed by atoms with van der Waals surface area (Å²) in [5, 5.41) is 19.5. The lowest BCUT2D eigenvalue weighted by atomic mass is 10.00. The number of fused-ring (bicyclic) bond motifs is 1. The van der Waals surface area contributed by atoms with Gasteiger partial charge < -0.3 is 15.5 Å². The summed E-state index contributed by atoms with van der Waals surface area (Å²) in [6, 6.07) is 23.8. The molecule has 1 aliphatic rings. The molecule has 5 rings (SSSR count). The molecule has 10 heteroatoms. The van der Waals surface area contributed by atoms with E-state index in [0.29, 0.717) is 29.3 Å². The van der Waals surface area contributed by atoms with Crippen LogP contribution in [0.2, 0.25) is 0 Å². The van der Waals surface area contributed by atoms with Gasteiger partial charge in [0.15, 0.2) is 0 Å². The quantitative estimate of drug-likeness (QED) is 0.375. The number of rotatable bonds is 6. The van der Waals surface area contributed by atoms with Gasteiger partial charge in [-0.05, 0) is 29.3 Å². The molecule has 1 aliphatic heterocycles. The molecular weight excluding hydrogens is 468 g/mol. The second-order valence-electron chi connectivity index (χ2n) is 9.02. The Morgan fingerprint density at radius 2 is 1.76 bits per heavy atom. The predicted molar refractivity (Wildman–Crippen MR) is 141 cm³/mol. The molecule has 0 radical (unpaired) electrons. The highest BCUT2D eigenvalue weighted by Crippen LogP contribution is 2.29. The summed E-state index contributed by atoms with van der Waals surface area (Å²) in [6.45, 7) is 4.58. The number of nitrogens with one attached hydrogen (secondary N) is 3. The van der Waals surface area contributed by atoms with E-state index < -0.39 is 12.2 Å². The number of aromatic nitrogens is 4. The van der Waals surface area contributed by atoms with Crippen molar-refractivity contribution in [1.82, 2.24) is 25.9 Å². The van der Waals surface area contributed by atoms with Gasteiger partial charge in [-0.3, -0.25) is 4.79 Å². The van der Waals surface area contributed by atoms with Crippen LogP contribution in [0.3, 0.4) is 0 Å². The van der Waals surface area contributed by atoms with Gasteiger partial charge >= 0.3 is 6.03 Å². The minimum absolute atomic E-state index is 0.206. The highest BCUT2D eigenvalue weighted by molar-refractivity contribution is 6.20. The number of urea groups is 1. The summed E-state index contributed by atoms with van der Waals surface area (Å²) in [4.78, 5) is 33.3. The summed E-state index contributed by atoms with van der Waals surface area (Å²) >= 11 is 0. The summed E-state index contributed by atoms with van der Waals surface area (Å²) < 4.78 is 0. The van der Waals surface area contributed by atoms with E-state index in [1.165, 1.54) is 0 Å². The van der Waals surface area contributed by atoms with E-state index in [-0.39, 0.29) is 11.8 Å². The third-order valence-electron chi connectivity index (χ3n) is 5.79. The van der Waals surface area contributed by atoms with E-state index in [2.05, 4.69) is 31.3 Å². The molecule has 0 bridgehead atoms. The van der Waals surface area contributed by atoms with Gasteiger partial charge in [0.1, 0.15) is 0 Å². The Morgan fingerprint density at radius 1 is 1.00 bits per heavy atom. The number of para-hydroxylation sites is 1. The number of nitrogens with zero attached hydrogens (tertiary/aromatic N) is 5. The predicted octanol–water partition coefficient (Wildman–Crippen LogP) is 3.85. The first-order valence-corrected chi connectivity index (χ1v) is 11.9. The number of aromatic amines is 1. The first-order chi connectivity index (χ1) is 18.0. The van der Waals surface area contributed by atoms with E-state index in [9.17, 15) is 9.59 Å². The van der Waals surface area contributed by atoms with Crippen LogP contribution < -0.4 is 15.5 Å². The van der Waals surface area contributed by atoms with Crippen molar-refractivity contribution >= 4 is 29.0 Å². The Balaban J connectivity index is 1.47. The Hall–Kier alpha value is -4.86. The van der Waals surface area contributed by atoms with Crippen molar-refractivity contribution in [1.29, 1.82) is 0 Å². The zero-order valence-electron chi connectivity index (χ0n) is 20.4. The molecule has 1 unspecified atom stereocenters. The number of aliphatic imine (C=N–C) groups is 1. The lowest BCUT2D eigenvalue weighted by Crippen LogP contribution is -2.49. The van der Waals surface area contributed by atoms with Crippen LogP contribution in [0.15, 0.2) is 83.9 Å². The van der Waals surface area contributed by atoms with Crippen LogP contribution in [0.25, 0.3) is 11.4 Å². The Labute approximate surface area is 213 Å². The van der Waals surface area contributed by atoms with Crippen molar-refractivity contribution in [3.8, 4) is 11.4 Å². The maximum absolute atomic E-state index is 13.8. The number of benzene rings is 3. The minimum atomic E-state index is -1.12. The molecule has 10 nitrogen and oxygen atoms in total. The molecule has 37 heavy (non-hydrogen) atoms. The average Bonchev–Trinajstić information content (AvgIpc) is 3.42. The summed E-state index contributed by atoms with van der Waals surface area (Å²) in [6.07, 6.45) is -1.12. The maximum atomic E-state index is 13.8. The van der Waals surface area contributed by atoms with Crippen molar-refractivity contribution in [2.45, 2.75) is 20.0 Å². The molecule has 3 N–H and O–H groups in total. The Bertz CT molecular complexity index is 1430. The molecule has 1 atom stereocenters. The van der Waals surface area contributed by atoms with Crippen LogP contribution in [0.5, 0.6) is 0 Å². The fourth-order valence-corrected chi connectivity index (χ4v) is 4.21. The van der Waals surface area contributed by atoms with Crippen LogP contribution in [0.1, 0.15) is 25.0 Å². The molecule has 0 fully saturated rings. The highest BCUT2D eigenvalue weighted by Gasteiger charge is 2.33. The number of anilines is 2. The molecule has 3 amide bonds. The van der Waals surface area contributed by atoms with Gasteiger partial charge in [0.25, 0.3) is 5.91 Å². The normalized spacial score (nSPS) is 15.1. The summed E-state index contributed by atoms with van der Waals surface area (Å²) in [5.74, 6) is 0.308. The molecule has 4 aromatic rings. The molecule has 3 aromatic carbocycles. The van der Waals surface area contributed by atoms with Gasteiger partial charge in [0, 0.05) is 28.9 Å². The van der Waals surface area contributed by atoms with Crippen molar-refractivity contribution in [2.24, 2.45) is 10.9 Å². The number of tetrazole rings is 1. The summed E-state index contributed by atoms with van der Waals surface area (Å²) in [7, 11) is 0. The van der Waals surface area contributed by atoms with Gasteiger partial charge in [0.05, 0.1) is 11.4 Å². The number of H-pyrrole nitrogens is 1. The highest BCUT2D eigenvalue weighted by atomic mass is 16.2. The first kappa shape index (κ1) is 23.9. The average molecular weight is 495 g/mol. The molecule has 0 saturated carbocycles. The Kier molecular flexibility index (Phi) is 6.71. The van der Waals surface area contributed by atoms with Gasteiger partial charge in [-0.1, -0.05) is 74.5 Å². The number of hydrogen-bond acceptors (Lipinski definition) is 6. The maximum Gasteiger partial charge on any atom is 0.321 e. The van der Waals surface area contributed by atoms with Crippen molar-refractivity contribution in [3.05, 3.63) is 90.0 Å². The SMILES string of the molecule is CC(C)CN1C(=O)C(NC(=O)Nc2cccc(-c3nn[nH]n3)c2)N=C(c2ccccc2)c2ccccc21. The van der Waals surface area contributed by atoms with Crippen molar-refractivity contribution < 1.29 is 9.59 Å². The smallest absolute Gasteiger partial charge is 0.308 e. The zero-order valence-corrected chi connectivity index (χ0v) is 20.4. The van der Waals surface area contributed by atoms with Gasteiger partial charge in [0.2, 0.25) is 12.0 Å². The number of carbonyl (C=O) groups excluding carboxylic acids is 2. The number of carbonyl (C=O) groups is 2. The van der Waals surface area contributed by atoms with Crippen LogP contribution in [0, 0.1) is 5.92 Å². The number of hydrogen-bond donors (Lipinski definition) is 3. The minimum Gasteiger partial charge on any atom is -0.308 e. The standard InChI is InChI=1S/C27H26N8O2/c1-17(2)16-35-22-14-7-6-13-21(22)23(18-9-4-3-5-10-18)29-25(26(35)36)30-27(37)28-20-12-8-11-19(15-20)24-31-33-34-32-24/h3-15,17,25H,16H2,1-2H3,(H2,28,30,37)(H,31,32,33,34). The van der Waals surface area contributed by atoms with E-state index in [4.69, 9.17) is 4.99 Å². The van der Waals surface area contributed by atoms with E-state index >= 15 is 0 Å². The van der Waals surface area contributed by atoms with Crippen LogP contribution >= 0.6 is 0 Å². The van der Waals surface area contributed by atoms with Crippen LogP contribution in [-0.4, -0.2) is 51.0 Å². The van der Waals surface area contributed by atoms with Gasteiger partial charge in [-0.2, -0.15) is 5.21 Å². The Morgan fingerprint density at radius 3 is 2.51 bits per heavy atom. The molecule has 0 saturated heterocycles. The molecule has 0 aliphatic carbocycles. The first-order valence-electron chi connectivity index (χ1n) is 11.9. The number of benzodiazepines with no additional fused rings is 1.